The lowest BCUT2D eigenvalue weighted by atomic mass is 9.89. The normalized spacial score (nSPS) is 22.1. The van der Waals surface area contributed by atoms with Crippen molar-refractivity contribution in [2.45, 2.75) is 5.92 Å². The van der Waals surface area contributed by atoms with Crippen LogP contribution in [0.5, 0.6) is 5.75 Å². The molecule has 4 nitrogen and oxygen atoms in total. The van der Waals surface area contributed by atoms with E-state index in [0.717, 1.165) is 17.9 Å². The van der Waals surface area contributed by atoms with Crippen molar-refractivity contribution < 1.29 is 14.3 Å². The van der Waals surface area contributed by atoms with Gasteiger partial charge < -0.3 is 14.8 Å². The summed E-state index contributed by atoms with van der Waals surface area (Å²) in [5, 5.41) is 3.23. The monoisotopic (exact) mass is 271 g/mol. The zero-order valence-electron chi connectivity index (χ0n) is 10.5. The van der Waals surface area contributed by atoms with Crippen molar-refractivity contribution in [3.8, 4) is 5.75 Å². The minimum atomic E-state index is -0.143. The van der Waals surface area contributed by atoms with Crippen LogP contribution < -0.4 is 10.1 Å². The Bertz CT molecular complexity index is 394. The van der Waals surface area contributed by atoms with Gasteiger partial charge in [-0.25, -0.2) is 0 Å². The van der Waals surface area contributed by atoms with Crippen LogP contribution in [-0.2, 0) is 9.53 Å². The number of halogens is 1. The molecule has 1 aromatic rings. The molecule has 0 amide bonds. The van der Waals surface area contributed by atoms with E-state index < -0.39 is 0 Å². The number of esters is 1. The van der Waals surface area contributed by atoms with E-state index in [9.17, 15) is 4.79 Å². The first-order valence-corrected chi connectivity index (χ1v) is 5.68. The average Bonchev–Trinajstić information content (AvgIpc) is 2.87. The van der Waals surface area contributed by atoms with Crippen LogP contribution in [0.25, 0.3) is 0 Å². The molecule has 18 heavy (non-hydrogen) atoms. The van der Waals surface area contributed by atoms with Gasteiger partial charge in [-0.05, 0) is 17.7 Å². The zero-order valence-corrected chi connectivity index (χ0v) is 11.3. The third kappa shape index (κ3) is 2.94. The highest BCUT2D eigenvalue weighted by Crippen LogP contribution is 2.29. The predicted octanol–water partition coefficient (Wildman–Crippen LogP) is 1.59. The summed E-state index contributed by atoms with van der Waals surface area (Å²) < 4.78 is 9.95. The molecule has 1 aliphatic rings. The molecule has 1 N–H and O–H groups in total. The first-order valence-electron chi connectivity index (χ1n) is 5.68. The van der Waals surface area contributed by atoms with E-state index in [1.165, 1.54) is 7.11 Å². The third-order valence-electron chi connectivity index (χ3n) is 3.26. The number of carbonyl (C=O) groups excluding carboxylic acids is 1. The summed E-state index contributed by atoms with van der Waals surface area (Å²) in [6.07, 6.45) is 0. The zero-order chi connectivity index (χ0) is 12.3. The van der Waals surface area contributed by atoms with Gasteiger partial charge in [-0.3, -0.25) is 4.79 Å². The van der Waals surface area contributed by atoms with Gasteiger partial charge in [0.1, 0.15) is 5.75 Å². The fourth-order valence-corrected chi connectivity index (χ4v) is 2.28. The van der Waals surface area contributed by atoms with E-state index >= 15 is 0 Å². The summed E-state index contributed by atoms with van der Waals surface area (Å²) in [4.78, 5) is 11.6. The van der Waals surface area contributed by atoms with Crippen LogP contribution in [0.3, 0.4) is 0 Å². The van der Waals surface area contributed by atoms with Crippen molar-refractivity contribution >= 4 is 18.4 Å². The van der Waals surface area contributed by atoms with Gasteiger partial charge in [0.15, 0.2) is 0 Å². The predicted molar refractivity (Wildman–Crippen MR) is 71.4 cm³/mol. The van der Waals surface area contributed by atoms with E-state index in [4.69, 9.17) is 9.47 Å². The number of methoxy groups -OCH3 is 2. The van der Waals surface area contributed by atoms with Gasteiger partial charge in [0.2, 0.25) is 0 Å². The smallest absolute Gasteiger partial charge is 0.310 e. The molecular weight excluding hydrogens is 254 g/mol. The molecule has 100 valence electrons. The number of carbonyl (C=O) groups is 1. The molecule has 5 heteroatoms. The molecule has 1 fully saturated rings. The lowest BCUT2D eigenvalue weighted by Gasteiger charge is -2.16. The third-order valence-corrected chi connectivity index (χ3v) is 3.26. The first-order chi connectivity index (χ1) is 8.26. The van der Waals surface area contributed by atoms with E-state index in [1.807, 2.05) is 24.3 Å². The fourth-order valence-electron chi connectivity index (χ4n) is 2.28. The molecule has 0 spiro atoms. The molecule has 0 unspecified atom stereocenters. The van der Waals surface area contributed by atoms with Gasteiger partial charge in [0.25, 0.3) is 0 Å². The van der Waals surface area contributed by atoms with Crippen LogP contribution in [0, 0.1) is 5.92 Å². The Kier molecular flexibility index (Phi) is 5.44. The summed E-state index contributed by atoms with van der Waals surface area (Å²) in [6.45, 7) is 1.50. The Labute approximate surface area is 113 Å². The van der Waals surface area contributed by atoms with Gasteiger partial charge >= 0.3 is 5.97 Å². The van der Waals surface area contributed by atoms with Crippen molar-refractivity contribution in [3.05, 3.63) is 29.8 Å². The topological polar surface area (TPSA) is 47.6 Å². The Morgan fingerprint density at radius 2 is 1.89 bits per heavy atom. The summed E-state index contributed by atoms with van der Waals surface area (Å²) in [6, 6.07) is 7.85. The molecule has 1 heterocycles. The van der Waals surface area contributed by atoms with Crippen LogP contribution >= 0.6 is 12.4 Å². The standard InChI is InChI=1S/C13H17NO3.ClH/c1-16-10-5-3-9(4-6-10)11-7-14-8-12(11)13(15)17-2;/h3-6,11-12,14H,7-8H2,1-2H3;1H/t11-,12+;/m0./s1. The largest absolute Gasteiger partial charge is 0.497 e. The molecule has 2 atom stereocenters. The first kappa shape index (κ1) is 14.8. The maximum atomic E-state index is 11.6. The van der Waals surface area contributed by atoms with Gasteiger partial charge in [-0.1, -0.05) is 12.1 Å². The molecular formula is C13H18ClNO3. The van der Waals surface area contributed by atoms with Gasteiger partial charge in [0, 0.05) is 19.0 Å². The lowest BCUT2D eigenvalue weighted by Crippen LogP contribution is -2.22. The van der Waals surface area contributed by atoms with Gasteiger partial charge in [-0.15, -0.1) is 12.4 Å². The minimum Gasteiger partial charge on any atom is -0.497 e. The average molecular weight is 272 g/mol. The van der Waals surface area contributed by atoms with Crippen LogP contribution in [-0.4, -0.2) is 33.3 Å². The maximum Gasteiger partial charge on any atom is 0.310 e. The summed E-state index contributed by atoms with van der Waals surface area (Å²) in [5.74, 6) is 0.784. The minimum absolute atomic E-state index is 0. The Hall–Kier alpha value is -1.26. The number of ether oxygens (including phenoxy) is 2. The number of rotatable bonds is 3. The maximum absolute atomic E-state index is 11.6. The second-order valence-corrected chi connectivity index (χ2v) is 4.17. The number of benzene rings is 1. The van der Waals surface area contributed by atoms with E-state index in [2.05, 4.69) is 5.32 Å². The molecule has 0 saturated carbocycles. The van der Waals surface area contributed by atoms with Crippen LogP contribution in [0.15, 0.2) is 24.3 Å². The highest BCUT2D eigenvalue weighted by molar-refractivity contribution is 5.85. The Balaban J connectivity index is 0.00000162. The van der Waals surface area contributed by atoms with Crippen LogP contribution in [0.2, 0.25) is 0 Å². The quantitative estimate of drug-likeness (QED) is 0.849. The molecule has 2 rings (SSSR count). The molecule has 0 bridgehead atoms. The summed E-state index contributed by atoms with van der Waals surface area (Å²) in [5.41, 5.74) is 1.14. The van der Waals surface area contributed by atoms with Gasteiger partial charge in [0.05, 0.1) is 20.1 Å². The van der Waals surface area contributed by atoms with E-state index in [1.54, 1.807) is 7.11 Å². The number of hydrogen-bond donors (Lipinski definition) is 1. The molecule has 1 saturated heterocycles. The Morgan fingerprint density at radius 1 is 1.22 bits per heavy atom. The molecule has 0 aromatic heterocycles. The van der Waals surface area contributed by atoms with Crippen molar-refractivity contribution in [2.24, 2.45) is 5.92 Å². The van der Waals surface area contributed by atoms with Crippen molar-refractivity contribution in [2.75, 3.05) is 27.3 Å². The highest BCUT2D eigenvalue weighted by Gasteiger charge is 2.34. The molecule has 0 radical (unpaired) electrons. The van der Waals surface area contributed by atoms with E-state index in [-0.39, 0.29) is 30.2 Å². The summed E-state index contributed by atoms with van der Waals surface area (Å²) in [7, 11) is 3.08. The Morgan fingerprint density at radius 3 is 2.44 bits per heavy atom. The summed E-state index contributed by atoms with van der Waals surface area (Å²) >= 11 is 0. The molecule has 1 aromatic carbocycles. The van der Waals surface area contributed by atoms with Crippen LogP contribution in [0.4, 0.5) is 0 Å². The van der Waals surface area contributed by atoms with Crippen LogP contribution in [0.1, 0.15) is 11.5 Å². The second kappa shape index (κ2) is 6.61. The second-order valence-electron chi connectivity index (χ2n) is 4.17. The van der Waals surface area contributed by atoms with Gasteiger partial charge in [-0.2, -0.15) is 0 Å². The lowest BCUT2D eigenvalue weighted by molar-refractivity contribution is -0.145. The molecule has 1 aliphatic heterocycles. The highest BCUT2D eigenvalue weighted by atomic mass is 35.5. The van der Waals surface area contributed by atoms with E-state index in [0.29, 0.717) is 6.54 Å². The van der Waals surface area contributed by atoms with Crippen molar-refractivity contribution in [1.82, 2.24) is 5.32 Å². The van der Waals surface area contributed by atoms with Crippen molar-refractivity contribution in [3.63, 3.8) is 0 Å². The molecule has 0 aliphatic carbocycles. The van der Waals surface area contributed by atoms with Crippen molar-refractivity contribution in [1.29, 1.82) is 0 Å². The number of nitrogens with one attached hydrogen (secondary N) is 1. The number of hydrogen-bond acceptors (Lipinski definition) is 4. The fraction of sp³-hybridized carbons (Fsp3) is 0.462. The SMILES string of the molecule is COC(=O)[C@@H]1CNC[C@H]1c1ccc(OC)cc1.Cl.